The van der Waals surface area contributed by atoms with Crippen LogP contribution in [0.4, 0.5) is 0 Å². The van der Waals surface area contributed by atoms with E-state index in [0.29, 0.717) is 37.0 Å². The number of H-pyrrole nitrogens is 1. The molecular weight excluding hydrogens is 314 g/mol. The molecule has 0 aromatic carbocycles. The van der Waals surface area contributed by atoms with E-state index in [1.165, 1.54) is 13.4 Å². The van der Waals surface area contributed by atoms with Gasteiger partial charge in [0.05, 0.1) is 19.5 Å². The van der Waals surface area contributed by atoms with Gasteiger partial charge in [0, 0.05) is 20.7 Å². The number of rotatable bonds is 5. The molecule has 10 heteroatoms. The minimum atomic E-state index is -0.482. The number of nitrogens with zero attached hydrogens (tertiary/aromatic N) is 5. The van der Waals surface area contributed by atoms with Crippen molar-refractivity contribution in [3.8, 4) is 11.5 Å². The Morgan fingerprint density at radius 2 is 2.29 bits per heavy atom. The molecule has 24 heavy (non-hydrogen) atoms. The first-order valence-corrected chi connectivity index (χ1v) is 7.55. The maximum atomic E-state index is 12.6. The Labute approximate surface area is 138 Å². The van der Waals surface area contributed by atoms with Gasteiger partial charge in [0.25, 0.3) is 5.91 Å². The zero-order chi connectivity index (χ0) is 17.3. The SMILES string of the molecule is CNC(=O)c1[nH]cnc1-c1nnc2n1[C@@H](C)C(=O)N(CCOC)C2. The van der Waals surface area contributed by atoms with Crippen LogP contribution in [0.5, 0.6) is 0 Å². The van der Waals surface area contributed by atoms with Crippen LogP contribution in [0, 0.1) is 0 Å². The van der Waals surface area contributed by atoms with Gasteiger partial charge >= 0.3 is 0 Å². The Bertz CT molecular complexity index is 766. The highest BCUT2D eigenvalue weighted by Gasteiger charge is 2.34. The first kappa shape index (κ1) is 16.1. The van der Waals surface area contributed by atoms with E-state index in [1.54, 1.807) is 23.5 Å². The highest BCUT2D eigenvalue weighted by atomic mass is 16.5. The van der Waals surface area contributed by atoms with Gasteiger partial charge in [-0.15, -0.1) is 10.2 Å². The van der Waals surface area contributed by atoms with Gasteiger partial charge in [-0.05, 0) is 6.92 Å². The number of carbonyl (C=O) groups excluding carboxylic acids is 2. The van der Waals surface area contributed by atoms with Gasteiger partial charge < -0.3 is 19.9 Å². The normalized spacial score (nSPS) is 17.0. The van der Waals surface area contributed by atoms with Crippen LogP contribution >= 0.6 is 0 Å². The van der Waals surface area contributed by atoms with E-state index in [9.17, 15) is 9.59 Å². The van der Waals surface area contributed by atoms with E-state index in [2.05, 4.69) is 25.5 Å². The molecule has 2 N–H and O–H groups in total. The average molecular weight is 333 g/mol. The van der Waals surface area contributed by atoms with Gasteiger partial charge in [0.15, 0.2) is 11.6 Å². The summed E-state index contributed by atoms with van der Waals surface area (Å²) in [6.07, 6.45) is 1.42. The number of methoxy groups -OCH3 is 1. The molecule has 0 radical (unpaired) electrons. The summed E-state index contributed by atoms with van der Waals surface area (Å²) >= 11 is 0. The number of hydrogen-bond donors (Lipinski definition) is 2. The predicted molar refractivity (Wildman–Crippen MR) is 83.0 cm³/mol. The number of aromatic amines is 1. The fourth-order valence-corrected chi connectivity index (χ4v) is 2.78. The largest absolute Gasteiger partial charge is 0.383 e. The van der Waals surface area contributed by atoms with Gasteiger partial charge in [-0.25, -0.2) is 4.98 Å². The molecule has 0 saturated carbocycles. The van der Waals surface area contributed by atoms with Crippen LogP contribution < -0.4 is 5.32 Å². The van der Waals surface area contributed by atoms with E-state index >= 15 is 0 Å². The number of imidazole rings is 1. The monoisotopic (exact) mass is 333 g/mol. The molecule has 3 rings (SSSR count). The van der Waals surface area contributed by atoms with Crippen LogP contribution in [-0.2, 0) is 16.1 Å². The summed E-state index contributed by atoms with van der Waals surface area (Å²) in [7, 11) is 3.13. The van der Waals surface area contributed by atoms with Crippen molar-refractivity contribution in [2.75, 3.05) is 27.3 Å². The van der Waals surface area contributed by atoms with Crippen molar-refractivity contribution in [1.29, 1.82) is 0 Å². The fraction of sp³-hybridized carbons (Fsp3) is 0.500. The van der Waals surface area contributed by atoms with Gasteiger partial charge in [0.2, 0.25) is 5.91 Å². The number of hydrogen-bond acceptors (Lipinski definition) is 6. The first-order chi connectivity index (χ1) is 11.6. The number of amides is 2. The highest BCUT2D eigenvalue weighted by Crippen LogP contribution is 2.28. The third-order valence-electron chi connectivity index (χ3n) is 4.03. The third-order valence-corrected chi connectivity index (χ3v) is 4.03. The molecule has 128 valence electrons. The van der Waals surface area contributed by atoms with Gasteiger partial charge in [-0.1, -0.05) is 0 Å². The Kier molecular flexibility index (Phi) is 4.30. The molecule has 0 spiro atoms. The smallest absolute Gasteiger partial charge is 0.269 e. The van der Waals surface area contributed by atoms with Crippen LogP contribution in [0.3, 0.4) is 0 Å². The van der Waals surface area contributed by atoms with Crippen LogP contribution in [0.15, 0.2) is 6.33 Å². The fourth-order valence-electron chi connectivity index (χ4n) is 2.78. The second-order valence-corrected chi connectivity index (χ2v) is 5.44. The summed E-state index contributed by atoms with van der Waals surface area (Å²) in [6.45, 7) is 3.08. The first-order valence-electron chi connectivity index (χ1n) is 7.55. The minimum absolute atomic E-state index is 0.0439. The van der Waals surface area contributed by atoms with Crippen LogP contribution in [0.1, 0.15) is 29.3 Å². The van der Waals surface area contributed by atoms with Crippen LogP contribution in [0.25, 0.3) is 11.5 Å². The van der Waals surface area contributed by atoms with E-state index in [0.717, 1.165) is 0 Å². The van der Waals surface area contributed by atoms with Crippen molar-refractivity contribution in [3.63, 3.8) is 0 Å². The predicted octanol–water partition coefficient (Wildman–Crippen LogP) is -0.423. The number of aromatic nitrogens is 5. The van der Waals surface area contributed by atoms with Gasteiger partial charge in [0.1, 0.15) is 17.4 Å². The molecule has 2 aromatic heterocycles. The van der Waals surface area contributed by atoms with E-state index in [-0.39, 0.29) is 17.5 Å². The maximum absolute atomic E-state index is 12.6. The molecule has 3 heterocycles. The zero-order valence-corrected chi connectivity index (χ0v) is 13.7. The standard InChI is InChI=1S/C14H19N7O3/c1-8-14(23)20(4-5-24-3)6-9-18-19-12(21(8)9)10-11(13(22)15-2)17-7-16-10/h7-8H,4-6H2,1-3H3,(H,15,22)(H,16,17)/t8-/m0/s1. The quantitative estimate of drug-likeness (QED) is 0.767. The summed E-state index contributed by atoms with van der Waals surface area (Å²) in [5.74, 6) is 0.699. The molecule has 10 nitrogen and oxygen atoms in total. The lowest BCUT2D eigenvalue weighted by atomic mass is 10.2. The zero-order valence-electron chi connectivity index (χ0n) is 13.7. The van der Waals surface area contributed by atoms with Crippen molar-refractivity contribution in [2.45, 2.75) is 19.5 Å². The lowest BCUT2D eigenvalue weighted by Crippen LogP contribution is -2.43. The molecule has 2 aromatic rings. The molecule has 2 amide bonds. The van der Waals surface area contributed by atoms with Crippen LogP contribution in [0.2, 0.25) is 0 Å². The van der Waals surface area contributed by atoms with Gasteiger partial charge in [-0.2, -0.15) is 0 Å². The molecule has 1 aliphatic heterocycles. The van der Waals surface area contributed by atoms with Gasteiger partial charge in [-0.3, -0.25) is 14.2 Å². The number of carbonyl (C=O) groups is 2. The minimum Gasteiger partial charge on any atom is -0.383 e. The lowest BCUT2D eigenvalue weighted by Gasteiger charge is -2.31. The molecule has 0 saturated heterocycles. The number of fused-ring (bicyclic) bond motifs is 1. The van der Waals surface area contributed by atoms with E-state index in [4.69, 9.17) is 4.74 Å². The second-order valence-electron chi connectivity index (χ2n) is 5.44. The molecule has 1 atom stereocenters. The Morgan fingerprint density at radius 1 is 1.50 bits per heavy atom. The third kappa shape index (κ3) is 2.54. The molecular formula is C14H19N7O3. The molecule has 0 unspecified atom stereocenters. The summed E-state index contributed by atoms with van der Waals surface area (Å²) in [5, 5.41) is 10.9. The topological polar surface area (TPSA) is 118 Å². The van der Waals surface area contributed by atoms with Crippen molar-refractivity contribution in [3.05, 3.63) is 17.8 Å². The Morgan fingerprint density at radius 3 is 3.00 bits per heavy atom. The number of nitrogens with one attached hydrogen (secondary N) is 2. The average Bonchev–Trinajstić information content (AvgIpc) is 3.22. The summed E-state index contributed by atoms with van der Waals surface area (Å²) in [4.78, 5) is 33.2. The lowest BCUT2D eigenvalue weighted by molar-refractivity contribution is -0.137. The van der Waals surface area contributed by atoms with E-state index < -0.39 is 6.04 Å². The maximum Gasteiger partial charge on any atom is 0.269 e. The van der Waals surface area contributed by atoms with E-state index in [1.807, 2.05) is 0 Å². The van der Waals surface area contributed by atoms with Crippen molar-refractivity contribution >= 4 is 11.8 Å². The molecule has 0 bridgehead atoms. The Hall–Kier alpha value is -2.75. The van der Waals surface area contributed by atoms with Crippen LogP contribution in [-0.4, -0.2) is 68.8 Å². The Balaban J connectivity index is 1.99. The van der Waals surface area contributed by atoms with Crippen molar-refractivity contribution < 1.29 is 14.3 Å². The van der Waals surface area contributed by atoms with Crippen molar-refractivity contribution in [1.82, 2.24) is 34.9 Å². The van der Waals surface area contributed by atoms with Crippen molar-refractivity contribution in [2.24, 2.45) is 0 Å². The highest BCUT2D eigenvalue weighted by molar-refractivity contribution is 5.97. The summed E-state index contributed by atoms with van der Waals surface area (Å²) < 4.78 is 6.77. The summed E-state index contributed by atoms with van der Waals surface area (Å²) in [5.41, 5.74) is 0.659. The molecule has 0 aliphatic carbocycles. The number of ether oxygens (including phenoxy) is 1. The second kappa shape index (κ2) is 6.40. The molecule has 0 fully saturated rings. The summed E-state index contributed by atoms with van der Waals surface area (Å²) in [6, 6.07) is -0.482. The molecule has 1 aliphatic rings.